The number of carbonyl (C=O) groups is 1. The van der Waals surface area contributed by atoms with Gasteiger partial charge in [-0.1, -0.05) is 0 Å². The molecule has 3 N–H and O–H groups in total. The minimum Gasteiger partial charge on any atom is -0.497 e. The van der Waals surface area contributed by atoms with Crippen molar-refractivity contribution < 1.29 is 9.53 Å². The first-order chi connectivity index (χ1) is 10.2. The van der Waals surface area contributed by atoms with Gasteiger partial charge < -0.3 is 15.5 Å². The van der Waals surface area contributed by atoms with Gasteiger partial charge in [0.2, 0.25) is 5.91 Å². The standard InChI is InChI=1S/C15H18N4O2/c1-21-11-4-2-10(3-5-11)15-17-12-6-7-19(9-14(16)20)8-13(12)18-15/h2-5H,6-9H2,1H3,(H2,16,20)(H,17,18). The molecule has 0 saturated carbocycles. The van der Waals surface area contributed by atoms with Crippen molar-refractivity contribution in [2.75, 3.05) is 20.2 Å². The molecule has 3 rings (SSSR count). The van der Waals surface area contributed by atoms with Crippen LogP contribution in [0.15, 0.2) is 24.3 Å². The predicted octanol–water partition coefficient (Wildman–Crippen LogP) is 0.929. The summed E-state index contributed by atoms with van der Waals surface area (Å²) in [7, 11) is 1.65. The van der Waals surface area contributed by atoms with E-state index in [-0.39, 0.29) is 12.5 Å². The smallest absolute Gasteiger partial charge is 0.231 e. The number of aromatic amines is 1. The van der Waals surface area contributed by atoms with Gasteiger partial charge in [-0.15, -0.1) is 0 Å². The molecule has 2 heterocycles. The van der Waals surface area contributed by atoms with Crippen LogP contribution >= 0.6 is 0 Å². The Morgan fingerprint density at radius 2 is 2.19 bits per heavy atom. The summed E-state index contributed by atoms with van der Waals surface area (Å²) in [6.07, 6.45) is 0.829. The highest BCUT2D eigenvalue weighted by atomic mass is 16.5. The number of methoxy groups -OCH3 is 1. The zero-order chi connectivity index (χ0) is 14.8. The SMILES string of the molecule is COc1ccc(-c2nc3c([nH]2)CN(CC(N)=O)CC3)cc1. The Labute approximate surface area is 122 Å². The van der Waals surface area contributed by atoms with Gasteiger partial charge in [0.15, 0.2) is 0 Å². The highest BCUT2D eigenvalue weighted by Crippen LogP contribution is 2.24. The summed E-state index contributed by atoms with van der Waals surface area (Å²) in [5, 5.41) is 0. The number of H-pyrrole nitrogens is 1. The fraction of sp³-hybridized carbons (Fsp3) is 0.333. The van der Waals surface area contributed by atoms with Crippen LogP contribution in [0, 0.1) is 0 Å². The Morgan fingerprint density at radius 3 is 2.86 bits per heavy atom. The number of carbonyl (C=O) groups excluding carboxylic acids is 1. The van der Waals surface area contributed by atoms with Crippen LogP contribution < -0.4 is 10.5 Å². The van der Waals surface area contributed by atoms with E-state index in [1.54, 1.807) is 7.11 Å². The van der Waals surface area contributed by atoms with Crippen molar-refractivity contribution in [3.8, 4) is 17.1 Å². The Bertz CT molecular complexity index is 648. The van der Waals surface area contributed by atoms with E-state index in [0.717, 1.165) is 41.5 Å². The number of nitrogens with one attached hydrogen (secondary N) is 1. The first-order valence-corrected chi connectivity index (χ1v) is 6.88. The Hall–Kier alpha value is -2.34. The number of benzene rings is 1. The van der Waals surface area contributed by atoms with Crippen LogP contribution in [0.2, 0.25) is 0 Å². The largest absolute Gasteiger partial charge is 0.497 e. The number of hydrogen-bond donors (Lipinski definition) is 2. The first-order valence-electron chi connectivity index (χ1n) is 6.88. The molecular weight excluding hydrogens is 268 g/mol. The zero-order valence-corrected chi connectivity index (χ0v) is 11.9. The van der Waals surface area contributed by atoms with Gasteiger partial charge >= 0.3 is 0 Å². The van der Waals surface area contributed by atoms with E-state index in [4.69, 9.17) is 10.5 Å². The minimum atomic E-state index is -0.298. The second-order valence-corrected chi connectivity index (χ2v) is 5.17. The number of fused-ring (bicyclic) bond motifs is 1. The van der Waals surface area contributed by atoms with Crippen molar-refractivity contribution in [3.05, 3.63) is 35.7 Å². The molecule has 0 bridgehead atoms. The van der Waals surface area contributed by atoms with Crippen LogP contribution in [-0.4, -0.2) is 41.0 Å². The topological polar surface area (TPSA) is 84.2 Å². The molecule has 0 fully saturated rings. The number of nitrogens with two attached hydrogens (primary N) is 1. The fourth-order valence-corrected chi connectivity index (χ4v) is 2.59. The first kappa shape index (κ1) is 13.6. The second-order valence-electron chi connectivity index (χ2n) is 5.17. The number of ether oxygens (including phenoxy) is 1. The van der Waals surface area contributed by atoms with Gasteiger partial charge in [0.25, 0.3) is 0 Å². The average Bonchev–Trinajstić information content (AvgIpc) is 2.90. The Balaban J connectivity index is 1.80. The van der Waals surface area contributed by atoms with E-state index in [1.807, 2.05) is 29.2 Å². The summed E-state index contributed by atoms with van der Waals surface area (Å²) in [5.74, 6) is 1.37. The number of imidazole rings is 1. The normalized spacial score (nSPS) is 14.7. The molecule has 0 aliphatic carbocycles. The molecule has 6 nitrogen and oxygen atoms in total. The second kappa shape index (κ2) is 5.57. The summed E-state index contributed by atoms with van der Waals surface area (Å²) in [4.78, 5) is 21.0. The van der Waals surface area contributed by atoms with Crippen LogP contribution in [-0.2, 0) is 17.8 Å². The summed E-state index contributed by atoms with van der Waals surface area (Å²) in [5.41, 5.74) is 8.40. The average molecular weight is 286 g/mol. The maximum absolute atomic E-state index is 11.0. The van der Waals surface area contributed by atoms with Crippen LogP contribution in [0.3, 0.4) is 0 Å². The summed E-state index contributed by atoms with van der Waals surface area (Å²) >= 11 is 0. The van der Waals surface area contributed by atoms with Gasteiger partial charge in [-0.3, -0.25) is 9.69 Å². The lowest BCUT2D eigenvalue weighted by Gasteiger charge is -2.24. The molecule has 1 aromatic heterocycles. The Kier molecular flexibility index (Phi) is 3.62. The number of rotatable bonds is 4. The van der Waals surface area contributed by atoms with Gasteiger partial charge in [0, 0.05) is 25.1 Å². The van der Waals surface area contributed by atoms with E-state index in [2.05, 4.69) is 9.97 Å². The van der Waals surface area contributed by atoms with Crippen molar-refractivity contribution >= 4 is 5.91 Å². The molecule has 1 amide bonds. The van der Waals surface area contributed by atoms with Gasteiger partial charge in [-0.05, 0) is 24.3 Å². The molecular formula is C15H18N4O2. The van der Waals surface area contributed by atoms with E-state index < -0.39 is 0 Å². The lowest BCUT2D eigenvalue weighted by molar-refractivity contribution is -0.119. The molecule has 0 unspecified atom stereocenters. The van der Waals surface area contributed by atoms with Gasteiger partial charge in [-0.25, -0.2) is 4.98 Å². The van der Waals surface area contributed by atoms with Crippen molar-refractivity contribution in [2.24, 2.45) is 5.73 Å². The van der Waals surface area contributed by atoms with Gasteiger partial charge in [-0.2, -0.15) is 0 Å². The van der Waals surface area contributed by atoms with E-state index in [0.29, 0.717) is 6.54 Å². The molecule has 2 aromatic rings. The van der Waals surface area contributed by atoms with Gasteiger partial charge in [0.05, 0.1) is 25.0 Å². The van der Waals surface area contributed by atoms with Crippen molar-refractivity contribution in [1.29, 1.82) is 0 Å². The third kappa shape index (κ3) is 2.90. The number of amides is 1. The van der Waals surface area contributed by atoms with E-state index in [1.165, 1.54) is 0 Å². The highest BCUT2D eigenvalue weighted by Gasteiger charge is 2.21. The molecule has 0 saturated heterocycles. The molecule has 1 aliphatic rings. The fourth-order valence-electron chi connectivity index (χ4n) is 2.59. The lowest BCUT2D eigenvalue weighted by Crippen LogP contribution is -2.37. The zero-order valence-electron chi connectivity index (χ0n) is 11.9. The maximum Gasteiger partial charge on any atom is 0.231 e. The molecule has 21 heavy (non-hydrogen) atoms. The number of hydrogen-bond acceptors (Lipinski definition) is 4. The third-order valence-electron chi connectivity index (χ3n) is 3.65. The van der Waals surface area contributed by atoms with Crippen LogP contribution in [0.25, 0.3) is 11.4 Å². The van der Waals surface area contributed by atoms with E-state index in [9.17, 15) is 4.79 Å². The minimum absolute atomic E-state index is 0.288. The summed E-state index contributed by atoms with van der Waals surface area (Å²) < 4.78 is 5.16. The molecule has 1 aromatic carbocycles. The third-order valence-corrected chi connectivity index (χ3v) is 3.65. The van der Waals surface area contributed by atoms with Gasteiger partial charge in [0.1, 0.15) is 11.6 Å². The molecule has 110 valence electrons. The Morgan fingerprint density at radius 1 is 1.43 bits per heavy atom. The quantitative estimate of drug-likeness (QED) is 0.875. The number of aromatic nitrogens is 2. The highest BCUT2D eigenvalue weighted by molar-refractivity contribution is 5.76. The predicted molar refractivity (Wildman–Crippen MR) is 78.8 cm³/mol. The number of primary amides is 1. The molecule has 6 heteroatoms. The lowest BCUT2D eigenvalue weighted by atomic mass is 10.1. The monoisotopic (exact) mass is 286 g/mol. The van der Waals surface area contributed by atoms with Crippen molar-refractivity contribution in [2.45, 2.75) is 13.0 Å². The van der Waals surface area contributed by atoms with Crippen LogP contribution in [0.5, 0.6) is 5.75 Å². The van der Waals surface area contributed by atoms with Crippen LogP contribution in [0.1, 0.15) is 11.4 Å². The van der Waals surface area contributed by atoms with E-state index >= 15 is 0 Å². The molecule has 1 aliphatic heterocycles. The van der Waals surface area contributed by atoms with Crippen molar-refractivity contribution in [1.82, 2.24) is 14.9 Å². The summed E-state index contributed by atoms with van der Waals surface area (Å²) in [6, 6.07) is 7.78. The van der Waals surface area contributed by atoms with Crippen LogP contribution in [0.4, 0.5) is 0 Å². The molecule has 0 spiro atoms. The number of nitrogens with zero attached hydrogens (tertiary/aromatic N) is 2. The van der Waals surface area contributed by atoms with Crippen molar-refractivity contribution in [3.63, 3.8) is 0 Å². The molecule has 0 radical (unpaired) electrons. The maximum atomic E-state index is 11.0. The summed E-state index contributed by atoms with van der Waals surface area (Å²) in [6.45, 7) is 1.78. The molecule has 0 atom stereocenters.